The molecule has 0 saturated carbocycles. The summed E-state index contributed by atoms with van der Waals surface area (Å²) in [6.45, 7) is 7.72. The first-order valence-electron chi connectivity index (χ1n) is 10.6. The molecule has 1 saturated heterocycles. The van der Waals surface area contributed by atoms with E-state index in [0.717, 1.165) is 44.8 Å². The molecular formula is C24H33N3O2. The highest BCUT2D eigenvalue weighted by atomic mass is 16.5. The topological polar surface area (TPSA) is 44.8 Å². The van der Waals surface area contributed by atoms with Crippen molar-refractivity contribution in [3.05, 3.63) is 60.2 Å². The molecule has 156 valence electrons. The van der Waals surface area contributed by atoms with Crippen LogP contribution in [0.25, 0.3) is 0 Å². The molecule has 3 rings (SSSR count). The number of hydrogen-bond donors (Lipinski definition) is 1. The summed E-state index contributed by atoms with van der Waals surface area (Å²) < 4.78 is 5.34. The number of carbonyl (C=O) groups is 1. The standard InChI is InChI=1S/C24H33N3O2/c1-4-9-23(20-10-6-5-7-11-20)25-24(28)19(2)26-14-16-27(17-15-26)21-12-8-13-22(18-21)29-3/h5-8,10-13,18-19,23H,4,9,14-17H2,1-3H3,(H,25,28)/t19-,23-/m0/s1. The van der Waals surface area contributed by atoms with Crippen LogP contribution in [0.15, 0.2) is 54.6 Å². The van der Waals surface area contributed by atoms with Gasteiger partial charge in [-0.25, -0.2) is 0 Å². The molecule has 0 aliphatic carbocycles. The van der Waals surface area contributed by atoms with Crippen molar-refractivity contribution in [2.75, 3.05) is 38.2 Å². The van der Waals surface area contributed by atoms with E-state index >= 15 is 0 Å². The maximum Gasteiger partial charge on any atom is 0.237 e. The Morgan fingerprint density at radius 3 is 2.45 bits per heavy atom. The van der Waals surface area contributed by atoms with Crippen LogP contribution >= 0.6 is 0 Å². The number of hydrogen-bond acceptors (Lipinski definition) is 4. The van der Waals surface area contributed by atoms with E-state index in [4.69, 9.17) is 4.74 Å². The van der Waals surface area contributed by atoms with Crippen LogP contribution in [0, 0.1) is 0 Å². The summed E-state index contributed by atoms with van der Waals surface area (Å²) in [5.74, 6) is 0.989. The van der Waals surface area contributed by atoms with Gasteiger partial charge in [-0.3, -0.25) is 9.69 Å². The van der Waals surface area contributed by atoms with Crippen LogP contribution in [0.4, 0.5) is 5.69 Å². The zero-order valence-corrected chi connectivity index (χ0v) is 17.8. The first-order chi connectivity index (χ1) is 14.1. The number of rotatable bonds is 8. The van der Waals surface area contributed by atoms with Gasteiger partial charge in [0.05, 0.1) is 19.2 Å². The third-order valence-corrected chi connectivity index (χ3v) is 5.76. The lowest BCUT2D eigenvalue weighted by Crippen LogP contribution is -2.54. The molecule has 1 N–H and O–H groups in total. The summed E-state index contributed by atoms with van der Waals surface area (Å²) in [4.78, 5) is 17.6. The van der Waals surface area contributed by atoms with Crippen LogP contribution in [0.5, 0.6) is 5.75 Å². The summed E-state index contributed by atoms with van der Waals surface area (Å²) in [7, 11) is 1.69. The van der Waals surface area contributed by atoms with Crippen molar-refractivity contribution in [3.8, 4) is 5.75 Å². The third kappa shape index (κ3) is 5.51. The number of anilines is 1. The van der Waals surface area contributed by atoms with Crippen LogP contribution in [-0.2, 0) is 4.79 Å². The van der Waals surface area contributed by atoms with E-state index in [2.05, 4.69) is 46.3 Å². The molecule has 0 spiro atoms. The normalized spacial score (nSPS) is 16.9. The maximum atomic E-state index is 13.0. The van der Waals surface area contributed by atoms with Gasteiger partial charge in [0.1, 0.15) is 5.75 Å². The minimum Gasteiger partial charge on any atom is -0.497 e. The number of piperazine rings is 1. The molecule has 1 aliphatic heterocycles. The summed E-state index contributed by atoms with van der Waals surface area (Å²) in [5, 5.41) is 3.28. The molecule has 2 atom stereocenters. The molecule has 1 heterocycles. The van der Waals surface area contributed by atoms with E-state index in [9.17, 15) is 4.79 Å². The summed E-state index contributed by atoms with van der Waals surface area (Å²) in [5.41, 5.74) is 2.35. The highest BCUT2D eigenvalue weighted by molar-refractivity contribution is 5.81. The number of carbonyl (C=O) groups excluding carboxylic acids is 1. The van der Waals surface area contributed by atoms with Crippen molar-refractivity contribution in [2.45, 2.75) is 38.8 Å². The molecule has 0 unspecified atom stereocenters. The van der Waals surface area contributed by atoms with E-state index in [1.807, 2.05) is 37.3 Å². The largest absolute Gasteiger partial charge is 0.497 e. The number of benzene rings is 2. The van der Waals surface area contributed by atoms with Gasteiger partial charge in [0.25, 0.3) is 0 Å². The Labute approximate surface area is 174 Å². The Morgan fingerprint density at radius 1 is 1.07 bits per heavy atom. The molecular weight excluding hydrogens is 362 g/mol. The molecule has 5 heteroatoms. The minimum absolute atomic E-state index is 0.0780. The van der Waals surface area contributed by atoms with Gasteiger partial charge in [-0.2, -0.15) is 0 Å². The summed E-state index contributed by atoms with van der Waals surface area (Å²) in [6.07, 6.45) is 1.99. The van der Waals surface area contributed by atoms with Gasteiger partial charge in [0, 0.05) is 37.9 Å². The number of methoxy groups -OCH3 is 1. The summed E-state index contributed by atoms with van der Waals surface area (Å²) in [6, 6.07) is 18.4. The fourth-order valence-electron chi connectivity index (χ4n) is 3.93. The van der Waals surface area contributed by atoms with Crippen LogP contribution in [0.3, 0.4) is 0 Å². The van der Waals surface area contributed by atoms with Crippen molar-refractivity contribution in [2.24, 2.45) is 0 Å². The summed E-state index contributed by atoms with van der Waals surface area (Å²) >= 11 is 0. The first-order valence-corrected chi connectivity index (χ1v) is 10.6. The lowest BCUT2D eigenvalue weighted by atomic mass is 10.0. The van der Waals surface area contributed by atoms with Gasteiger partial charge in [-0.15, -0.1) is 0 Å². The van der Waals surface area contributed by atoms with Crippen molar-refractivity contribution >= 4 is 11.6 Å². The predicted octanol–water partition coefficient (Wildman–Crippen LogP) is 3.86. The van der Waals surface area contributed by atoms with Gasteiger partial charge in [-0.05, 0) is 31.0 Å². The van der Waals surface area contributed by atoms with Crippen LogP contribution < -0.4 is 15.0 Å². The van der Waals surface area contributed by atoms with Gasteiger partial charge >= 0.3 is 0 Å². The smallest absolute Gasteiger partial charge is 0.237 e. The molecule has 1 amide bonds. The first kappa shape index (κ1) is 21.2. The Balaban J connectivity index is 1.56. The molecule has 0 radical (unpaired) electrons. The highest BCUT2D eigenvalue weighted by Gasteiger charge is 2.27. The SMILES string of the molecule is CCC[C@H](NC(=O)[C@H](C)N1CCN(c2cccc(OC)c2)CC1)c1ccccc1. The Kier molecular flexibility index (Phi) is 7.53. The van der Waals surface area contributed by atoms with Crippen LogP contribution in [0.2, 0.25) is 0 Å². The molecule has 2 aromatic rings. The zero-order chi connectivity index (χ0) is 20.6. The predicted molar refractivity (Wildman–Crippen MR) is 118 cm³/mol. The van der Waals surface area contributed by atoms with E-state index in [-0.39, 0.29) is 18.0 Å². The molecule has 29 heavy (non-hydrogen) atoms. The fraction of sp³-hybridized carbons (Fsp3) is 0.458. The van der Waals surface area contributed by atoms with Crippen molar-refractivity contribution in [1.29, 1.82) is 0 Å². The van der Waals surface area contributed by atoms with Gasteiger partial charge in [-0.1, -0.05) is 49.7 Å². The van der Waals surface area contributed by atoms with Crippen molar-refractivity contribution in [1.82, 2.24) is 10.2 Å². The number of nitrogens with zero attached hydrogens (tertiary/aromatic N) is 2. The Morgan fingerprint density at radius 2 is 1.79 bits per heavy atom. The van der Waals surface area contributed by atoms with Gasteiger partial charge < -0.3 is 15.0 Å². The van der Waals surface area contributed by atoms with E-state index in [1.165, 1.54) is 11.3 Å². The molecule has 1 aliphatic rings. The average Bonchev–Trinajstić information content (AvgIpc) is 2.79. The monoisotopic (exact) mass is 395 g/mol. The molecule has 2 aromatic carbocycles. The zero-order valence-electron chi connectivity index (χ0n) is 17.8. The Hall–Kier alpha value is -2.53. The van der Waals surface area contributed by atoms with Gasteiger partial charge in [0.15, 0.2) is 0 Å². The van der Waals surface area contributed by atoms with Crippen LogP contribution in [-0.4, -0.2) is 50.1 Å². The number of nitrogens with one attached hydrogen (secondary N) is 1. The van der Waals surface area contributed by atoms with E-state index < -0.39 is 0 Å². The number of ether oxygens (including phenoxy) is 1. The molecule has 0 aromatic heterocycles. The van der Waals surface area contributed by atoms with Crippen LogP contribution in [0.1, 0.15) is 38.3 Å². The second-order valence-corrected chi connectivity index (χ2v) is 7.66. The lowest BCUT2D eigenvalue weighted by molar-refractivity contribution is -0.126. The van der Waals surface area contributed by atoms with Gasteiger partial charge in [0.2, 0.25) is 5.91 Å². The fourth-order valence-corrected chi connectivity index (χ4v) is 3.93. The van der Waals surface area contributed by atoms with E-state index in [0.29, 0.717) is 0 Å². The lowest BCUT2D eigenvalue weighted by Gasteiger charge is -2.39. The quantitative estimate of drug-likeness (QED) is 0.737. The molecule has 5 nitrogen and oxygen atoms in total. The second-order valence-electron chi connectivity index (χ2n) is 7.66. The Bertz CT molecular complexity index is 773. The molecule has 1 fully saturated rings. The highest BCUT2D eigenvalue weighted by Crippen LogP contribution is 2.23. The van der Waals surface area contributed by atoms with E-state index in [1.54, 1.807) is 7.11 Å². The average molecular weight is 396 g/mol. The van der Waals surface area contributed by atoms with Crippen molar-refractivity contribution < 1.29 is 9.53 Å². The molecule has 0 bridgehead atoms. The second kappa shape index (κ2) is 10.3. The number of amides is 1. The van der Waals surface area contributed by atoms with Crippen molar-refractivity contribution in [3.63, 3.8) is 0 Å². The third-order valence-electron chi connectivity index (χ3n) is 5.76. The minimum atomic E-state index is -0.134. The maximum absolute atomic E-state index is 13.0.